The first-order valence-corrected chi connectivity index (χ1v) is 6.03. The molecule has 0 fully saturated rings. The van der Waals surface area contributed by atoms with Crippen molar-refractivity contribution in [1.29, 1.82) is 5.26 Å². The quantitative estimate of drug-likeness (QED) is 0.675. The van der Waals surface area contributed by atoms with Crippen LogP contribution in [0.15, 0.2) is 82.8 Å². The minimum Gasteiger partial charge on any atom is -0.497 e. The van der Waals surface area contributed by atoms with Crippen LogP contribution in [0.2, 0.25) is 0 Å². The Kier molecular flexibility index (Phi) is 8.45. The van der Waals surface area contributed by atoms with Gasteiger partial charge in [-0.15, -0.1) is 0 Å². The van der Waals surface area contributed by atoms with Crippen molar-refractivity contribution in [1.82, 2.24) is 0 Å². The van der Waals surface area contributed by atoms with Crippen molar-refractivity contribution in [2.75, 3.05) is 6.61 Å². The van der Waals surface area contributed by atoms with Crippen LogP contribution < -0.4 is 0 Å². The van der Waals surface area contributed by atoms with Gasteiger partial charge in [0.1, 0.15) is 18.4 Å². The average molecular weight is 265 g/mol. The third kappa shape index (κ3) is 8.20. The van der Waals surface area contributed by atoms with Crippen molar-refractivity contribution in [3.8, 4) is 6.07 Å². The molecule has 0 radical (unpaired) electrons. The van der Waals surface area contributed by atoms with E-state index in [1.807, 2.05) is 36.4 Å². The van der Waals surface area contributed by atoms with E-state index in [-0.39, 0.29) is 0 Å². The fraction of sp³-hybridized carbons (Fsp3) is 0.0625. The van der Waals surface area contributed by atoms with E-state index in [1.54, 1.807) is 43.0 Å². The summed E-state index contributed by atoms with van der Waals surface area (Å²) >= 11 is 0. The number of hydrogen-bond acceptors (Lipinski definition) is 4. The van der Waals surface area contributed by atoms with Gasteiger partial charge in [0.05, 0.1) is 6.26 Å². The molecule has 1 rings (SSSR count). The summed E-state index contributed by atoms with van der Waals surface area (Å²) in [4.78, 5) is 7.98. The standard InChI is InChI=1S/C16H15N3O/c17-15-16-9-12-18-10-5-1-3-7-13-20-14-8-4-2-6-11-19-16/h1-13H,14H2. The van der Waals surface area contributed by atoms with E-state index in [1.165, 1.54) is 6.21 Å². The second kappa shape index (κ2) is 11.2. The van der Waals surface area contributed by atoms with E-state index >= 15 is 0 Å². The van der Waals surface area contributed by atoms with Gasteiger partial charge in [-0.3, -0.25) is 4.99 Å². The second-order valence-corrected chi connectivity index (χ2v) is 3.44. The van der Waals surface area contributed by atoms with E-state index in [4.69, 9.17) is 10.00 Å². The topological polar surface area (TPSA) is 57.7 Å². The van der Waals surface area contributed by atoms with Crippen LogP contribution in [0.5, 0.6) is 0 Å². The van der Waals surface area contributed by atoms with Crippen molar-refractivity contribution in [3.05, 3.63) is 72.8 Å². The zero-order valence-corrected chi connectivity index (χ0v) is 11.0. The molecule has 0 aliphatic carbocycles. The fourth-order valence-corrected chi connectivity index (χ4v) is 1.08. The molecule has 100 valence electrons. The number of hydrogen-bond donors (Lipinski definition) is 0. The lowest BCUT2D eigenvalue weighted by molar-refractivity contribution is 0.290. The molecular formula is C16H15N3O. The minimum atomic E-state index is 0.290. The van der Waals surface area contributed by atoms with Crippen LogP contribution in [0.4, 0.5) is 0 Å². The highest BCUT2D eigenvalue weighted by Gasteiger charge is 1.84. The number of aliphatic imine (C=N–C) groups is 2. The van der Waals surface area contributed by atoms with Crippen LogP contribution in [0.3, 0.4) is 0 Å². The summed E-state index contributed by atoms with van der Waals surface area (Å²) in [5.41, 5.74) is 0.290. The Morgan fingerprint density at radius 1 is 1.00 bits per heavy atom. The lowest BCUT2D eigenvalue weighted by atomic mass is 10.4. The highest BCUT2D eigenvalue weighted by atomic mass is 16.5. The molecule has 0 unspecified atom stereocenters. The van der Waals surface area contributed by atoms with E-state index in [0.717, 1.165) is 0 Å². The zero-order chi connectivity index (χ0) is 14.3. The summed E-state index contributed by atoms with van der Waals surface area (Å²) in [6, 6.07) is 1.98. The molecule has 4 heteroatoms. The normalized spacial score (nSPS) is 16.1. The number of nitrogens with zero attached hydrogens (tertiary/aromatic N) is 3. The van der Waals surface area contributed by atoms with E-state index < -0.39 is 0 Å². The van der Waals surface area contributed by atoms with Crippen LogP contribution >= 0.6 is 0 Å². The molecule has 1 aliphatic heterocycles. The molecule has 0 amide bonds. The van der Waals surface area contributed by atoms with Crippen LogP contribution in [0.1, 0.15) is 0 Å². The second-order valence-electron chi connectivity index (χ2n) is 3.44. The molecule has 0 spiro atoms. The predicted molar refractivity (Wildman–Crippen MR) is 82.3 cm³/mol. The average Bonchev–Trinajstić information content (AvgIpc) is 2.47. The molecule has 1 heterocycles. The lowest BCUT2D eigenvalue weighted by Crippen LogP contribution is -1.79. The molecule has 0 aromatic rings. The molecule has 0 saturated carbocycles. The zero-order valence-electron chi connectivity index (χ0n) is 11.0. The summed E-state index contributed by atoms with van der Waals surface area (Å²) in [5, 5.41) is 8.86. The molecule has 0 bridgehead atoms. The molecule has 0 aromatic heterocycles. The summed E-state index contributed by atoms with van der Waals surface area (Å²) in [5.74, 6) is 0. The molecule has 20 heavy (non-hydrogen) atoms. The molecule has 1 aliphatic rings. The maximum absolute atomic E-state index is 8.86. The summed E-state index contributed by atoms with van der Waals surface area (Å²) in [7, 11) is 0. The van der Waals surface area contributed by atoms with Crippen LogP contribution in [0, 0.1) is 11.3 Å². The first kappa shape index (κ1) is 15.1. The van der Waals surface area contributed by atoms with Gasteiger partial charge in [0.2, 0.25) is 0 Å². The van der Waals surface area contributed by atoms with Gasteiger partial charge in [-0.1, -0.05) is 24.3 Å². The largest absolute Gasteiger partial charge is 0.497 e. The third-order valence-electron chi connectivity index (χ3n) is 1.96. The first-order chi connectivity index (χ1) is 9.93. The van der Waals surface area contributed by atoms with Crippen molar-refractivity contribution in [2.45, 2.75) is 0 Å². The Morgan fingerprint density at radius 2 is 1.85 bits per heavy atom. The van der Waals surface area contributed by atoms with Crippen molar-refractivity contribution >= 4 is 12.4 Å². The van der Waals surface area contributed by atoms with Crippen molar-refractivity contribution in [2.24, 2.45) is 9.98 Å². The Hall–Kier alpha value is -2.93. The Bertz CT molecular complexity index is 553. The Labute approximate surface area is 118 Å². The molecule has 0 saturated heterocycles. The first-order valence-electron chi connectivity index (χ1n) is 6.03. The van der Waals surface area contributed by atoms with Crippen LogP contribution in [-0.4, -0.2) is 19.0 Å². The molecular weight excluding hydrogens is 250 g/mol. The van der Waals surface area contributed by atoms with Gasteiger partial charge in [-0.25, -0.2) is 4.99 Å². The highest BCUT2D eigenvalue weighted by Crippen LogP contribution is 1.92. The Balaban J connectivity index is 2.78. The Morgan fingerprint density at radius 3 is 2.75 bits per heavy atom. The smallest absolute Gasteiger partial charge is 0.141 e. The summed E-state index contributed by atoms with van der Waals surface area (Å²) in [6.07, 6.45) is 22.3. The summed E-state index contributed by atoms with van der Waals surface area (Å²) in [6.45, 7) is 0.495. The SMILES string of the molecule is N#CC1=CC=NC=CC=CC=COCC=CC=CC=N1. The van der Waals surface area contributed by atoms with Crippen molar-refractivity contribution < 1.29 is 4.74 Å². The lowest BCUT2D eigenvalue weighted by Gasteiger charge is -1.91. The van der Waals surface area contributed by atoms with E-state index in [0.29, 0.717) is 12.3 Å². The number of allylic oxidation sites excluding steroid dienone is 9. The van der Waals surface area contributed by atoms with Gasteiger partial charge in [0, 0.05) is 18.6 Å². The van der Waals surface area contributed by atoms with Gasteiger partial charge in [-0.2, -0.15) is 5.26 Å². The number of rotatable bonds is 0. The van der Waals surface area contributed by atoms with Gasteiger partial charge in [0.15, 0.2) is 0 Å². The van der Waals surface area contributed by atoms with Gasteiger partial charge >= 0.3 is 0 Å². The third-order valence-corrected chi connectivity index (χ3v) is 1.96. The van der Waals surface area contributed by atoms with Gasteiger partial charge in [0.25, 0.3) is 0 Å². The highest BCUT2D eigenvalue weighted by molar-refractivity contribution is 5.77. The van der Waals surface area contributed by atoms with Crippen LogP contribution in [0.25, 0.3) is 0 Å². The van der Waals surface area contributed by atoms with Crippen molar-refractivity contribution in [3.63, 3.8) is 0 Å². The monoisotopic (exact) mass is 265 g/mol. The van der Waals surface area contributed by atoms with Gasteiger partial charge in [-0.05, 0) is 30.4 Å². The van der Waals surface area contributed by atoms with E-state index in [9.17, 15) is 0 Å². The molecule has 4 nitrogen and oxygen atoms in total. The summed E-state index contributed by atoms with van der Waals surface area (Å²) < 4.78 is 5.22. The molecule has 0 N–H and O–H groups in total. The predicted octanol–water partition coefficient (Wildman–Crippen LogP) is 3.26. The van der Waals surface area contributed by atoms with E-state index in [2.05, 4.69) is 9.98 Å². The minimum absolute atomic E-state index is 0.290. The molecule has 0 atom stereocenters. The fourth-order valence-electron chi connectivity index (χ4n) is 1.08. The number of ether oxygens (including phenoxy) is 1. The maximum atomic E-state index is 8.86. The maximum Gasteiger partial charge on any atom is 0.141 e. The molecule has 0 aromatic carbocycles. The van der Waals surface area contributed by atoms with Gasteiger partial charge < -0.3 is 4.74 Å². The number of nitriles is 1. The van der Waals surface area contributed by atoms with Crippen LogP contribution in [-0.2, 0) is 4.74 Å².